The summed E-state index contributed by atoms with van der Waals surface area (Å²) in [6.07, 6.45) is 0.771. The van der Waals surface area contributed by atoms with Crippen LogP contribution in [0.3, 0.4) is 0 Å². The Hall–Kier alpha value is -2.61. The maximum Gasteiger partial charge on any atom is 0.289 e. The summed E-state index contributed by atoms with van der Waals surface area (Å²) >= 11 is 0. The molecule has 1 fully saturated rings. The quantitative estimate of drug-likeness (QED) is 0.875. The number of carbonyl (C=O) groups excluding carboxylic acids is 2. The van der Waals surface area contributed by atoms with Crippen molar-refractivity contribution in [3.05, 3.63) is 35.0 Å². The van der Waals surface area contributed by atoms with E-state index in [4.69, 9.17) is 8.94 Å². The average molecular weight is 360 g/mol. The van der Waals surface area contributed by atoms with E-state index < -0.39 is 0 Å². The number of furan rings is 1. The van der Waals surface area contributed by atoms with Crippen molar-refractivity contribution in [2.75, 3.05) is 38.0 Å². The Balaban J connectivity index is 1.49. The summed E-state index contributed by atoms with van der Waals surface area (Å²) < 4.78 is 10.6. The zero-order valence-corrected chi connectivity index (χ0v) is 15.4. The number of rotatable bonds is 5. The summed E-state index contributed by atoms with van der Waals surface area (Å²) in [6.45, 7) is 8.38. The van der Waals surface area contributed by atoms with Crippen LogP contribution in [-0.4, -0.2) is 59.5 Å². The molecule has 3 heterocycles. The first-order valence-corrected chi connectivity index (χ1v) is 8.80. The maximum absolute atomic E-state index is 12.6. The van der Waals surface area contributed by atoms with Gasteiger partial charge >= 0.3 is 0 Å². The first-order chi connectivity index (χ1) is 12.5. The van der Waals surface area contributed by atoms with E-state index >= 15 is 0 Å². The van der Waals surface area contributed by atoms with Gasteiger partial charge in [0, 0.05) is 38.7 Å². The Morgan fingerprint density at radius 1 is 1.19 bits per heavy atom. The fraction of sp³-hybridized carbons (Fsp3) is 0.500. The van der Waals surface area contributed by atoms with Crippen molar-refractivity contribution in [3.8, 4) is 0 Å². The highest BCUT2D eigenvalue weighted by atomic mass is 16.5. The van der Waals surface area contributed by atoms with Gasteiger partial charge in [-0.15, -0.1) is 0 Å². The van der Waals surface area contributed by atoms with E-state index in [-0.39, 0.29) is 18.4 Å². The number of aromatic nitrogens is 1. The highest BCUT2D eigenvalue weighted by molar-refractivity contribution is 5.92. The molecule has 1 aliphatic heterocycles. The molecule has 0 atom stereocenters. The van der Waals surface area contributed by atoms with Gasteiger partial charge in [0.05, 0.1) is 6.54 Å². The normalized spacial score (nSPS) is 15.3. The third-order valence-electron chi connectivity index (χ3n) is 4.47. The van der Waals surface area contributed by atoms with Gasteiger partial charge in [0.15, 0.2) is 11.6 Å². The summed E-state index contributed by atoms with van der Waals surface area (Å²) in [5.41, 5.74) is 1.01. The van der Waals surface area contributed by atoms with E-state index in [1.807, 2.05) is 18.7 Å². The second-order valence-electron chi connectivity index (χ2n) is 6.51. The minimum absolute atomic E-state index is 0.0880. The van der Waals surface area contributed by atoms with Gasteiger partial charge in [-0.1, -0.05) is 12.1 Å². The lowest BCUT2D eigenvalue weighted by molar-refractivity contribution is -0.117. The standard InChI is InChI=1S/C18H24N4O4/c1-4-14-12(2)9-15(25-14)18(24)22-7-5-21(6-8-22)11-17(23)19-16-10-13(3)26-20-16/h9-10H,4-8,11H2,1-3H3,(H,19,20,23). The molecule has 0 aromatic carbocycles. The number of aryl methyl sites for hydroxylation is 3. The van der Waals surface area contributed by atoms with Crippen molar-refractivity contribution in [3.63, 3.8) is 0 Å². The van der Waals surface area contributed by atoms with Gasteiger partial charge in [0.25, 0.3) is 5.91 Å². The lowest BCUT2D eigenvalue weighted by atomic mass is 10.2. The Morgan fingerprint density at radius 3 is 2.50 bits per heavy atom. The predicted molar refractivity (Wildman–Crippen MR) is 95.0 cm³/mol. The van der Waals surface area contributed by atoms with Crippen LogP contribution < -0.4 is 5.32 Å². The topological polar surface area (TPSA) is 91.8 Å². The lowest BCUT2D eigenvalue weighted by Gasteiger charge is -2.33. The number of nitrogens with zero attached hydrogens (tertiary/aromatic N) is 3. The maximum atomic E-state index is 12.6. The van der Waals surface area contributed by atoms with E-state index in [1.54, 1.807) is 24.0 Å². The number of hydrogen-bond donors (Lipinski definition) is 1. The fourth-order valence-corrected chi connectivity index (χ4v) is 3.05. The van der Waals surface area contributed by atoms with Crippen molar-refractivity contribution in [1.29, 1.82) is 0 Å². The first-order valence-electron chi connectivity index (χ1n) is 8.80. The molecule has 8 nitrogen and oxygen atoms in total. The molecule has 2 aromatic heterocycles. The van der Waals surface area contributed by atoms with Gasteiger partial charge < -0.3 is 19.2 Å². The van der Waals surface area contributed by atoms with Crippen LogP contribution in [0.2, 0.25) is 0 Å². The minimum atomic E-state index is -0.146. The van der Waals surface area contributed by atoms with Gasteiger partial charge in [-0.2, -0.15) is 0 Å². The Bertz CT molecular complexity index is 787. The van der Waals surface area contributed by atoms with Crippen molar-refractivity contribution >= 4 is 17.6 Å². The summed E-state index contributed by atoms with van der Waals surface area (Å²) in [5, 5.41) is 6.45. The molecule has 0 saturated carbocycles. The van der Waals surface area contributed by atoms with Crippen LogP contribution in [0.1, 0.15) is 34.6 Å². The van der Waals surface area contributed by atoms with E-state index in [0.29, 0.717) is 43.5 Å². The van der Waals surface area contributed by atoms with Crippen LogP contribution in [0.5, 0.6) is 0 Å². The monoisotopic (exact) mass is 360 g/mol. The molecule has 0 spiro atoms. The third-order valence-corrected chi connectivity index (χ3v) is 4.47. The van der Waals surface area contributed by atoms with Crippen molar-refractivity contribution in [1.82, 2.24) is 15.0 Å². The molecule has 140 valence electrons. The average Bonchev–Trinajstić information content (AvgIpc) is 3.20. The van der Waals surface area contributed by atoms with Crippen LogP contribution in [0.25, 0.3) is 0 Å². The molecule has 2 aromatic rings. The number of carbonyl (C=O) groups is 2. The summed E-state index contributed by atoms with van der Waals surface area (Å²) in [7, 11) is 0. The minimum Gasteiger partial charge on any atom is -0.456 e. The van der Waals surface area contributed by atoms with E-state index in [1.165, 1.54) is 0 Å². The molecule has 2 amide bonds. The fourth-order valence-electron chi connectivity index (χ4n) is 3.05. The van der Waals surface area contributed by atoms with E-state index in [9.17, 15) is 9.59 Å². The second-order valence-corrected chi connectivity index (χ2v) is 6.51. The zero-order chi connectivity index (χ0) is 18.7. The number of anilines is 1. The predicted octanol–water partition coefficient (Wildman–Crippen LogP) is 1.84. The highest BCUT2D eigenvalue weighted by Gasteiger charge is 2.25. The van der Waals surface area contributed by atoms with Crippen molar-refractivity contribution < 1.29 is 18.5 Å². The first kappa shape index (κ1) is 18.2. The second kappa shape index (κ2) is 7.74. The largest absolute Gasteiger partial charge is 0.456 e. The SMILES string of the molecule is CCc1oc(C(=O)N2CCN(CC(=O)Nc3cc(C)on3)CC2)cc1C. The Labute approximate surface area is 152 Å². The highest BCUT2D eigenvalue weighted by Crippen LogP contribution is 2.18. The lowest BCUT2D eigenvalue weighted by Crippen LogP contribution is -2.50. The molecule has 1 N–H and O–H groups in total. The van der Waals surface area contributed by atoms with Crippen LogP contribution in [0.15, 0.2) is 21.1 Å². The van der Waals surface area contributed by atoms with Gasteiger partial charge in [0.1, 0.15) is 11.5 Å². The molecule has 3 rings (SSSR count). The Kier molecular flexibility index (Phi) is 5.41. The van der Waals surface area contributed by atoms with Crippen molar-refractivity contribution in [2.24, 2.45) is 0 Å². The molecule has 0 aliphatic carbocycles. The van der Waals surface area contributed by atoms with Crippen LogP contribution in [-0.2, 0) is 11.2 Å². The molecule has 1 saturated heterocycles. The molecule has 0 bridgehead atoms. The molecule has 1 aliphatic rings. The van der Waals surface area contributed by atoms with Crippen LogP contribution in [0.4, 0.5) is 5.82 Å². The van der Waals surface area contributed by atoms with E-state index in [2.05, 4.69) is 10.5 Å². The van der Waals surface area contributed by atoms with Crippen LogP contribution in [0, 0.1) is 13.8 Å². The molecule has 26 heavy (non-hydrogen) atoms. The number of nitrogens with one attached hydrogen (secondary N) is 1. The number of hydrogen-bond acceptors (Lipinski definition) is 6. The van der Waals surface area contributed by atoms with E-state index in [0.717, 1.165) is 17.7 Å². The smallest absolute Gasteiger partial charge is 0.289 e. The van der Waals surface area contributed by atoms with Gasteiger partial charge in [0.2, 0.25) is 5.91 Å². The Morgan fingerprint density at radius 2 is 1.92 bits per heavy atom. The van der Waals surface area contributed by atoms with Crippen LogP contribution >= 0.6 is 0 Å². The van der Waals surface area contributed by atoms with Gasteiger partial charge in [-0.3, -0.25) is 14.5 Å². The van der Waals surface area contributed by atoms with Gasteiger partial charge in [-0.25, -0.2) is 0 Å². The molecule has 8 heteroatoms. The summed E-state index contributed by atoms with van der Waals surface area (Å²) in [6, 6.07) is 3.48. The summed E-state index contributed by atoms with van der Waals surface area (Å²) in [4.78, 5) is 28.4. The number of amides is 2. The molecular formula is C18H24N4O4. The van der Waals surface area contributed by atoms with Crippen molar-refractivity contribution in [2.45, 2.75) is 27.2 Å². The zero-order valence-electron chi connectivity index (χ0n) is 15.4. The molecule has 0 radical (unpaired) electrons. The molecular weight excluding hydrogens is 336 g/mol. The van der Waals surface area contributed by atoms with Gasteiger partial charge in [-0.05, 0) is 25.5 Å². The molecule has 0 unspecified atom stereocenters. The summed E-state index contributed by atoms with van der Waals surface area (Å²) in [5.74, 6) is 2.08. The number of piperazine rings is 1. The third kappa shape index (κ3) is 4.13.